The Hall–Kier alpha value is 0.237. The van der Waals surface area contributed by atoms with Gasteiger partial charge in [0, 0.05) is 11.8 Å². The van der Waals surface area contributed by atoms with Gasteiger partial charge in [-0.25, -0.2) is 0 Å². The van der Waals surface area contributed by atoms with Crippen LogP contribution in [0.2, 0.25) is 19.6 Å². The molecule has 0 bridgehead atoms. The number of nitrogens with zero attached hydrogens (tertiary/aromatic N) is 1. The van der Waals surface area contributed by atoms with Crippen molar-refractivity contribution in [1.82, 2.24) is 0 Å². The van der Waals surface area contributed by atoms with Crippen LogP contribution in [-0.4, -0.2) is 25.2 Å². The van der Waals surface area contributed by atoms with E-state index in [9.17, 15) is 0 Å². The van der Waals surface area contributed by atoms with E-state index in [0.717, 1.165) is 18.2 Å². The summed E-state index contributed by atoms with van der Waals surface area (Å²) in [6.45, 7) is 12.8. The molecule has 0 saturated heterocycles. The van der Waals surface area contributed by atoms with Crippen LogP contribution in [0.4, 0.5) is 0 Å². The van der Waals surface area contributed by atoms with Crippen molar-refractivity contribution in [2.75, 3.05) is 6.54 Å². The second-order valence-corrected chi connectivity index (χ2v) is 14.4. The Bertz CT molecular complexity index is 163. The van der Waals surface area contributed by atoms with Crippen molar-refractivity contribution in [3.63, 3.8) is 0 Å². The van der Waals surface area contributed by atoms with E-state index in [1.165, 1.54) is 12.8 Å². The highest BCUT2D eigenvalue weighted by Crippen LogP contribution is 2.25. The first-order chi connectivity index (χ1) is 6.45. The first-order valence-corrected chi connectivity index (χ1v) is 10.7. The molecular weight excluding hydrogens is 206 g/mol. The average molecular weight is 231 g/mol. The Kier molecular flexibility index (Phi) is 7.65. The molecule has 1 unspecified atom stereocenters. The largest absolute Gasteiger partial charge is 0.297 e. The van der Waals surface area contributed by atoms with Gasteiger partial charge in [0.15, 0.2) is 0 Å². The molecule has 0 aliphatic rings. The number of unbranched alkanes of at least 4 members (excludes halogenated alkanes) is 1. The van der Waals surface area contributed by atoms with Crippen LogP contribution in [0.25, 0.3) is 0 Å². The van der Waals surface area contributed by atoms with Crippen molar-refractivity contribution in [1.29, 1.82) is 0 Å². The normalized spacial score (nSPS) is 14.9. The lowest BCUT2D eigenvalue weighted by atomic mass is 10.3. The summed E-state index contributed by atoms with van der Waals surface area (Å²) in [6.07, 6.45) is 5.73. The Morgan fingerprint density at radius 1 is 1.36 bits per heavy atom. The van der Waals surface area contributed by atoms with Gasteiger partial charge in [0.05, 0.1) is 0 Å². The summed E-state index contributed by atoms with van der Waals surface area (Å²) in [5, 5.41) is 0.743. The number of aliphatic imine (C=N–C) groups is 1. The maximum Gasteiger partial charge on any atom is 0.108 e. The first kappa shape index (κ1) is 14.2. The lowest BCUT2D eigenvalue weighted by Gasteiger charge is -2.19. The first-order valence-electron chi connectivity index (χ1n) is 5.62. The third-order valence-corrected chi connectivity index (χ3v) is 6.39. The maximum atomic E-state index is 4.41. The Morgan fingerprint density at radius 3 is 2.50 bits per heavy atom. The highest BCUT2D eigenvalue weighted by molar-refractivity contribution is 8.29. The van der Waals surface area contributed by atoms with Gasteiger partial charge in [-0.15, -0.1) is 0 Å². The van der Waals surface area contributed by atoms with Crippen molar-refractivity contribution in [3.05, 3.63) is 0 Å². The van der Waals surface area contributed by atoms with Crippen LogP contribution in [0, 0.1) is 0 Å². The minimum absolute atomic E-state index is 0.743. The highest BCUT2D eigenvalue weighted by Gasteiger charge is 2.16. The van der Waals surface area contributed by atoms with Gasteiger partial charge in [0.2, 0.25) is 0 Å². The topological polar surface area (TPSA) is 12.4 Å². The van der Waals surface area contributed by atoms with Gasteiger partial charge in [-0.1, -0.05) is 39.9 Å². The molecule has 0 N–H and O–H groups in total. The fourth-order valence-corrected chi connectivity index (χ4v) is 6.51. The van der Waals surface area contributed by atoms with Crippen LogP contribution in [-0.2, 0) is 0 Å². The Labute approximate surface area is 94.4 Å². The second kappa shape index (κ2) is 7.52. The molecule has 0 aromatic rings. The van der Waals surface area contributed by atoms with E-state index in [1.807, 2.05) is 0 Å². The van der Waals surface area contributed by atoms with Gasteiger partial charge in [0.1, 0.15) is 7.22 Å². The summed E-state index contributed by atoms with van der Waals surface area (Å²) in [4.78, 5) is 4.41. The van der Waals surface area contributed by atoms with Crippen LogP contribution in [0.5, 0.6) is 0 Å². The average Bonchev–Trinajstić information content (AvgIpc) is 2.00. The molecular formula is C11H25NSSi. The second-order valence-electron chi connectivity index (χ2n) is 4.72. The SMILES string of the molecule is CCCCN=CCC(C)S[Si](C)(C)C. The standard InChI is InChI=1S/C11H25NSSi/c1-6-7-9-12-10-8-11(2)13-14(3,4)5/h10-11H,6-9H2,1-5H3. The van der Waals surface area contributed by atoms with Gasteiger partial charge in [-0.3, -0.25) is 4.99 Å². The molecule has 14 heavy (non-hydrogen) atoms. The van der Waals surface area contributed by atoms with Crippen molar-refractivity contribution in [2.24, 2.45) is 4.99 Å². The molecule has 0 aromatic heterocycles. The van der Waals surface area contributed by atoms with E-state index in [2.05, 4.69) is 55.9 Å². The molecule has 1 nitrogen and oxygen atoms in total. The van der Waals surface area contributed by atoms with Gasteiger partial charge in [0.25, 0.3) is 0 Å². The summed E-state index contributed by atoms with van der Waals surface area (Å²) in [5.41, 5.74) is 0. The predicted molar refractivity (Wildman–Crippen MR) is 73.3 cm³/mol. The van der Waals surface area contributed by atoms with Crippen LogP contribution in [0.15, 0.2) is 4.99 Å². The van der Waals surface area contributed by atoms with Gasteiger partial charge in [-0.2, -0.15) is 11.2 Å². The van der Waals surface area contributed by atoms with Crippen molar-refractivity contribution < 1.29 is 0 Å². The molecule has 0 radical (unpaired) electrons. The third kappa shape index (κ3) is 10.3. The van der Waals surface area contributed by atoms with Gasteiger partial charge in [-0.05, 0) is 19.1 Å². The van der Waals surface area contributed by atoms with Crippen LogP contribution in [0.3, 0.4) is 0 Å². The fraction of sp³-hybridized carbons (Fsp3) is 0.909. The Morgan fingerprint density at radius 2 is 2.00 bits per heavy atom. The molecule has 84 valence electrons. The van der Waals surface area contributed by atoms with E-state index >= 15 is 0 Å². The Balaban J connectivity index is 3.53. The molecule has 0 rings (SSSR count). The zero-order valence-corrected chi connectivity index (χ0v) is 12.2. The third-order valence-electron chi connectivity index (χ3n) is 1.76. The van der Waals surface area contributed by atoms with Crippen LogP contribution >= 0.6 is 11.2 Å². The number of hydrogen-bond acceptors (Lipinski definition) is 2. The minimum Gasteiger partial charge on any atom is -0.297 e. The minimum atomic E-state index is -0.941. The molecule has 0 fully saturated rings. The number of hydrogen-bond donors (Lipinski definition) is 0. The van der Waals surface area contributed by atoms with Gasteiger partial charge >= 0.3 is 0 Å². The smallest absolute Gasteiger partial charge is 0.108 e. The van der Waals surface area contributed by atoms with Crippen LogP contribution in [0.1, 0.15) is 33.1 Å². The van der Waals surface area contributed by atoms with Gasteiger partial charge < -0.3 is 0 Å². The van der Waals surface area contributed by atoms with E-state index in [0.29, 0.717) is 0 Å². The summed E-state index contributed by atoms with van der Waals surface area (Å²) in [6, 6.07) is 0. The van der Waals surface area contributed by atoms with Crippen molar-refractivity contribution >= 4 is 24.6 Å². The molecule has 3 heteroatoms. The fourth-order valence-electron chi connectivity index (χ4n) is 1.22. The van der Waals surface area contributed by atoms with E-state index in [4.69, 9.17) is 0 Å². The lowest BCUT2D eigenvalue weighted by Crippen LogP contribution is -2.18. The molecule has 0 saturated carbocycles. The lowest BCUT2D eigenvalue weighted by molar-refractivity contribution is 0.807. The number of rotatable bonds is 7. The molecule has 0 spiro atoms. The molecule has 0 aliphatic carbocycles. The molecule has 0 aliphatic heterocycles. The predicted octanol–water partition coefficient (Wildman–Crippen LogP) is 4.20. The van der Waals surface area contributed by atoms with E-state index in [1.54, 1.807) is 0 Å². The summed E-state index contributed by atoms with van der Waals surface area (Å²) in [5.74, 6) is 0. The molecule has 0 heterocycles. The maximum absolute atomic E-state index is 4.41. The zero-order valence-electron chi connectivity index (χ0n) is 10.3. The van der Waals surface area contributed by atoms with Crippen molar-refractivity contribution in [3.8, 4) is 0 Å². The summed E-state index contributed by atoms with van der Waals surface area (Å²) < 4.78 is 0. The summed E-state index contributed by atoms with van der Waals surface area (Å²) in [7, 11) is -0.941. The quantitative estimate of drug-likeness (QED) is 0.363. The van der Waals surface area contributed by atoms with E-state index in [-0.39, 0.29) is 0 Å². The highest BCUT2D eigenvalue weighted by atomic mass is 32.4. The molecule has 0 amide bonds. The summed E-state index contributed by atoms with van der Waals surface area (Å²) >= 11 is 2.17. The molecule has 0 aromatic carbocycles. The zero-order chi connectivity index (χ0) is 11.0. The van der Waals surface area contributed by atoms with Crippen LogP contribution < -0.4 is 0 Å². The van der Waals surface area contributed by atoms with E-state index < -0.39 is 7.22 Å². The van der Waals surface area contributed by atoms with Crippen molar-refractivity contribution in [2.45, 2.75) is 58.0 Å². The molecule has 1 atom stereocenters. The monoisotopic (exact) mass is 231 g/mol.